The van der Waals surface area contributed by atoms with Crippen LogP contribution in [0.1, 0.15) is 71.1 Å². The number of esters is 2. The summed E-state index contributed by atoms with van der Waals surface area (Å²) < 4.78 is 9.85. The molecular weight excluding hydrogens is 272 g/mol. The molecule has 0 aliphatic rings. The van der Waals surface area contributed by atoms with Crippen LogP contribution in [0.5, 0.6) is 0 Å². The first-order valence-corrected chi connectivity index (χ1v) is 8.12. The Kier molecular flexibility index (Phi) is 14.5. The average molecular weight is 302 g/mol. The molecule has 0 aliphatic carbocycles. The Hall–Kier alpha value is -1.10. The van der Waals surface area contributed by atoms with Crippen molar-refractivity contribution in [2.75, 3.05) is 19.8 Å². The molecule has 0 radical (unpaired) electrons. The Labute approximate surface area is 128 Å². The number of aliphatic hydroxyl groups excluding tert-OH is 1. The summed E-state index contributed by atoms with van der Waals surface area (Å²) in [5, 5.41) is 8.48. The molecule has 0 aromatic rings. The number of hydrogen-bond acceptors (Lipinski definition) is 5. The van der Waals surface area contributed by atoms with Crippen LogP contribution in [0.25, 0.3) is 0 Å². The van der Waals surface area contributed by atoms with E-state index in [0.717, 1.165) is 12.8 Å². The second-order valence-electron chi connectivity index (χ2n) is 5.14. The molecular formula is C16H30O5. The third kappa shape index (κ3) is 15.1. The van der Waals surface area contributed by atoms with Gasteiger partial charge in [-0.3, -0.25) is 9.59 Å². The Balaban J connectivity index is 3.29. The van der Waals surface area contributed by atoms with Gasteiger partial charge in [-0.2, -0.15) is 0 Å². The van der Waals surface area contributed by atoms with Crippen molar-refractivity contribution < 1.29 is 24.2 Å². The summed E-state index contributed by atoms with van der Waals surface area (Å²) in [6, 6.07) is 0. The van der Waals surface area contributed by atoms with Gasteiger partial charge in [0.2, 0.25) is 0 Å². The maximum Gasteiger partial charge on any atom is 0.305 e. The zero-order valence-corrected chi connectivity index (χ0v) is 13.3. The summed E-state index contributed by atoms with van der Waals surface area (Å²) in [6.07, 6.45) is 8.90. The summed E-state index contributed by atoms with van der Waals surface area (Å²) in [6.45, 7) is 2.58. The van der Waals surface area contributed by atoms with E-state index >= 15 is 0 Å². The number of rotatable bonds is 14. The maximum absolute atomic E-state index is 11.4. The van der Waals surface area contributed by atoms with Crippen LogP contribution in [-0.4, -0.2) is 36.9 Å². The van der Waals surface area contributed by atoms with Gasteiger partial charge in [0.1, 0.15) is 6.61 Å². The van der Waals surface area contributed by atoms with Crippen molar-refractivity contribution in [1.29, 1.82) is 0 Å². The van der Waals surface area contributed by atoms with Gasteiger partial charge in [0, 0.05) is 12.8 Å². The van der Waals surface area contributed by atoms with E-state index in [1.165, 1.54) is 25.7 Å². The molecule has 0 amide bonds. The average Bonchev–Trinajstić information content (AvgIpc) is 2.48. The first kappa shape index (κ1) is 19.9. The zero-order chi connectivity index (χ0) is 15.8. The molecule has 21 heavy (non-hydrogen) atoms. The van der Waals surface area contributed by atoms with Gasteiger partial charge >= 0.3 is 11.9 Å². The number of unbranched alkanes of at least 4 members (excludes halogenated alkanes) is 6. The lowest BCUT2D eigenvalue weighted by Gasteiger charge is -2.05. The van der Waals surface area contributed by atoms with Crippen molar-refractivity contribution >= 4 is 11.9 Å². The van der Waals surface area contributed by atoms with Crippen LogP contribution in [0.4, 0.5) is 0 Å². The predicted octanol–water partition coefficient (Wildman–Crippen LogP) is 2.99. The molecule has 0 aliphatic heterocycles. The van der Waals surface area contributed by atoms with Gasteiger partial charge in [0.15, 0.2) is 0 Å². The number of carbonyl (C=O) groups excluding carboxylic acids is 2. The van der Waals surface area contributed by atoms with E-state index in [2.05, 4.69) is 6.92 Å². The third-order valence-corrected chi connectivity index (χ3v) is 3.13. The highest BCUT2D eigenvalue weighted by atomic mass is 16.5. The SMILES string of the molecule is CCCCCCCCOC(=O)CCCCC(=O)OCCO. The number of carbonyl (C=O) groups is 2. The van der Waals surface area contributed by atoms with Crippen LogP contribution in [0.15, 0.2) is 0 Å². The van der Waals surface area contributed by atoms with Crippen molar-refractivity contribution in [3.05, 3.63) is 0 Å². The molecule has 124 valence electrons. The lowest BCUT2D eigenvalue weighted by atomic mass is 10.1. The lowest BCUT2D eigenvalue weighted by Crippen LogP contribution is -2.09. The first-order valence-electron chi connectivity index (χ1n) is 8.12. The molecule has 0 aromatic heterocycles. The molecule has 0 rings (SSSR count). The molecule has 1 N–H and O–H groups in total. The predicted molar refractivity (Wildman–Crippen MR) is 80.8 cm³/mol. The summed E-state index contributed by atoms with van der Waals surface area (Å²) in [4.78, 5) is 22.5. The molecule has 0 spiro atoms. The number of aliphatic hydroxyl groups is 1. The minimum Gasteiger partial charge on any atom is -0.466 e. The molecule has 0 saturated heterocycles. The monoisotopic (exact) mass is 302 g/mol. The summed E-state index contributed by atoms with van der Waals surface area (Å²) in [5.74, 6) is -0.517. The highest BCUT2D eigenvalue weighted by Crippen LogP contribution is 2.06. The van der Waals surface area contributed by atoms with E-state index < -0.39 is 0 Å². The topological polar surface area (TPSA) is 72.8 Å². The Morgan fingerprint density at radius 2 is 1.29 bits per heavy atom. The summed E-state index contributed by atoms with van der Waals surface area (Å²) in [5.41, 5.74) is 0. The molecule has 0 bridgehead atoms. The summed E-state index contributed by atoms with van der Waals surface area (Å²) >= 11 is 0. The van der Waals surface area contributed by atoms with Gasteiger partial charge in [0.05, 0.1) is 13.2 Å². The second kappa shape index (κ2) is 15.3. The Morgan fingerprint density at radius 3 is 1.86 bits per heavy atom. The van der Waals surface area contributed by atoms with E-state index in [0.29, 0.717) is 25.9 Å². The highest BCUT2D eigenvalue weighted by molar-refractivity contribution is 5.70. The maximum atomic E-state index is 11.4. The van der Waals surface area contributed by atoms with Crippen LogP contribution in [-0.2, 0) is 19.1 Å². The van der Waals surface area contributed by atoms with E-state index in [-0.39, 0.29) is 31.6 Å². The van der Waals surface area contributed by atoms with Gasteiger partial charge in [0.25, 0.3) is 0 Å². The van der Waals surface area contributed by atoms with Crippen LogP contribution in [0, 0.1) is 0 Å². The second-order valence-corrected chi connectivity index (χ2v) is 5.14. The minimum absolute atomic E-state index is 0.0408. The van der Waals surface area contributed by atoms with Crippen LogP contribution in [0.3, 0.4) is 0 Å². The normalized spacial score (nSPS) is 10.4. The fourth-order valence-corrected chi connectivity index (χ4v) is 1.91. The van der Waals surface area contributed by atoms with E-state index in [4.69, 9.17) is 14.6 Å². The summed E-state index contributed by atoms with van der Waals surface area (Å²) in [7, 11) is 0. The molecule has 0 fully saturated rings. The van der Waals surface area contributed by atoms with Crippen LogP contribution >= 0.6 is 0 Å². The minimum atomic E-state index is -0.329. The number of ether oxygens (including phenoxy) is 2. The van der Waals surface area contributed by atoms with Crippen LogP contribution < -0.4 is 0 Å². The van der Waals surface area contributed by atoms with Gasteiger partial charge in [-0.15, -0.1) is 0 Å². The molecule has 0 heterocycles. The fraction of sp³-hybridized carbons (Fsp3) is 0.875. The quantitative estimate of drug-likeness (QED) is 0.394. The zero-order valence-electron chi connectivity index (χ0n) is 13.3. The largest absolute Gasteiger partial charge is 0.466 e. The molecule has 0 atom stereocenters. The first-order chi connectivity index (χ1) is 10.2. The van der Waals surface area contributed by atoms with Crippen molar-refractivity contribution in [3.63, 3.8) is 0 Å². The van der Waals surface area contributed by atoms with E-state index in [9.17, 15) is 9.59 Å². The fourth-order valence-electron chi connectivity index (χ4n) is 1.91. The van der Waals surface area contributed by atoms with Gasteiger partial charge in [-0.1, -0.05) is 39.0 Å². The van der Waals surface area contributed by atoms with Gasteiger partial charge in [-0.25, -0.2) is 0 Å². The van der Waals surface area contributed by atoms with Crippen LogP contribution in [0.2, 0.25) is 0 Å². The van der Waals surface area contributed by atoms with E-state index in [1.54, 1.807) is 0 Å². The lowest BCUT2D eigenvalue weighted by molar-refractivity contribution is -0.146. The smallest absolute Gasteiger partial charge is 0.305 e. The Morgan fingerprint density at radius 1 is 0.762 bits per heavy atom. The van der Waals surface area contributed by atoms with E-state index in [1.807, 2.05) is 0 Å². The molecule has 0 saturated carbocycles. The van der Waals surface area contributed by atoms with Gasteiger partial charge < -0.3 is 14.6 Å². The molecule has 0 aromatic carbocycles. The van der Waals surface area contributed by atoms with Gasteiger partial charge in [-0.05, 0) is 19.3 Å². The molecule has 5 nitrogen and oxygen atoms in total. The standard InChI is InChI=1S/C16H30O5/c1-2-3-4-5-6-9-13-20-15(18)10-7-8-11-16(19)21-14-12-17/h17H,2-14H2,1H3. The van der Waals surface area contributed by atoms with Crippen molar-refractivity contribution in [2.45, 2.75) is 71.1 Å². The number of hydrogen-bond donors (Lipinski definition) is 1. The Bertz CT molecular complexity index is 265. The van der Waals surface area contributed by atoms with Crippen molar-refractivity contribution in [1.82, 2.24) is 0 Å². The molecule has 5 heteroatoms. The third-order valence-electron chi connectivity index (χ3n) is 3.13. The highest BCUT2D eigenvalue weighted by Gasteiger charge is 2.05. The molecule has 0 unspecified atom stereocenters. The van der Waals surface area contributed by atoms with Crippen molar-refractivity contribution in [3.8, 4) is 0 Å². The van der Waals surface area contributed by atoms with Crippen molar-refractivity contribution in [2.24, 2.45) is 0 Å².